The molecule has 0 aliphatic carbocycles. The molecule has 0 spiro atoms. The minimum Gasteiger partial charge on any atom is -0.355 e. The van der Waals surface area contributed by atoms with E-state index in [0.29, 0.717) is 32.1 Å². The Labute approximate surface area is 127 Å². The normalized spacial score (nSPS) is 12.1. The number of nitrogens with one attached hydrogen (secondary N) is 1. The molecule has 21 heavy (non-hydrogen) atoms. The summed E-state index contributed by atoms with van der Waals surface area (Å²) in [6.45, 7) is 6.21. The number of likely N-dealkylation sites (N-methyl/N-ethyl adjacent to an activating group) is 1. The van der Waals surface area contributed by atoms with E-state index in [9.17, 15) is 8.42 Å². The van der Waals surface area contributed by atoms with Crippen LogP contribution in [-0.4, -0.2) is 67.9 Å². The van der Waals surface area contributed by atoms with Crippen molar-refractivity contribution in [3.63, 3.8) is 0 Å². The second-order valence-electron chi connectivity index (χ2n) is 4.98. The van der Waals surface area contributed by atoms with Crippen LogP contribution in [0.3, 0.4) is 0 Å². The van der Waals surface area contributed by atoms with Gasteiger partial charge in [0, 0.05) is 26.2 Å². The molecule has 0 amide bonds. The van der Waals surface area contributed by atoms with Crippen molar-refractivity contribution >= 4 is 16.0 Å². The van der Waals surface area contributed by atoms with E-state index in [1.807, 2.05) is 32.8 Å². The van der Waals surface area contributed by atoms with E-state index in [2.05, 4.69) is 15.3 Å². The second kappa shape index (κ2) is 8.26. The molecule has 0 aromatic carbocycles. The van der Waals surface area contributed by atoms with Gasteiger partial charge in [0.15, 0.2) is 0 Å². The van der Waals surface area contributed by atoms with Crippen LogP contribution >= 0.6 is 0 Å². The van der Waals surface area contributed by atoms with E-state index in [1.54, 1.807) is 0 Å². The molecule has 0 aliphatic rings. The molecule has 1 aromatic heterocycles. The Bertz CT molecular complexity index is 516. The molecule has 1 heterocycles. The number of anilines is 1. The average Bonchev–Trinajstić information content (AvgIpc) is 2.44. The molecule has 7 nitrogen and oxygen atoms in total. The van der Waals surface area contributed by atoms with Crippen LogP contribution in [0.1, 0.15) is 20.3 Å². The SMILES string of the molecule is CCCN(CCN(C)C)S(=O)(=O)c1cnc(NCC)nc1. The van der Waals surface area contributed by atoms with Crippen molar-refractivity contribution in [2.75, 3.05) is 45.6 Å². The quantitative estimate of drug-likeness (QED) is 0.728. The molecular formula is C13H25N5O2S. The Hall–Kier alpha value is -1.25. The molecule has 0 fully saturated rings. The first-order chi connectivity index (χ1) is 9.91. The lowest BCUT2D eigenvalue weighted by Crippen LogP contribution is -2.37. The van der Waals surface area contributed by atoms with Crippen LogP contribution in [0.2, 0.25) is 0 Å². The third-order valence-corrected chi connectivity index (χ3v) is 4.72. The molecule has 0 aliphatic heterocycles. The summed E-state index contributed by atoms with van der Waals surface area (Å²) >= 11 is 0. The van der Waals surface area contributed by atoms with Gasteiger partial charge < -0.3 is 10.2 Å². The molecule has 0 saturated heterocycles. The van der Waals surface area contributed by atoms with Gasteiger partial charge in [-0.3, -0.25) is 0 Å². The Kier molecular flexibility index (Phi) is 7.00. The first-order valence-corrected chi connectivity index (χ1v) is 8.56. The van der Waals surface area contributed by atoms with Gasteiger partial charge in [0.1, 0.15) is 4.90 Å². The number of sulfonamides is 1. The van der Waals surface area contributed by atoms with Crippen molar-refractivity contribution < 1.29 is 8.42 Å². The van der Waals surface area contributed by atoms with Crippen LogP contribution in [0.15, 0.2) is 17.3 Å². The maximum atomic E-state index is 12.6. The Morgan fingerprint density at radius 3 is 2.19 bits per heavy atom. The molecule has 0 radical (unpaired) electrons. The first-order valence-electron chi connectivity index (χ1n) is 7.12. The lowest BCUT2D eigenvalue weighted by molar-refractivity contribution is 0.333. The summed E-state index contributed by atoms with van der Waals surface area (Å²) < 4.78 is 26.7. The maximum absolute atomic E-state index is 12.6. The summed E-state index contributed by atoms with van der Waals surface area (Å²) in [5.74, 6) is 0.437. The largest absolute Gasteiger partial charge is 0.355 e. The molecule has 0 unspecified atom stereocenters. The Morgan fingerprint density at radius 1 is 1.10 bits per heavy atom. The van der Waals surface area contributed by atoms with Gasteiger partial charge in [0.2, 0.25) is 16.0 Å². The van der Waals surface area contributed by atoms with E-state index < -0.39 is 10.0 Å². The smallest absolute Gasteiger partial charge is 0.246 e. The Balaban J connectivity index is 2.93. The molecule has 8 heteroatoms. The lowest BCUT2D eigenvalue weighted by Gasteiger charge is -2.23. The number of aromatic nitrogens is 2. The number of hydrogen-bond acceptors (Lipinski definition) is 6. The summed E-state index contributed by atoms with van der Waals surface area (Å²) in [6.07, 6.45) is 3.49. The van der Waals surface area contributed by atoms with E-state index in [-0.39, 0.29) is 4.90 Å². The summed E-state index contributed by atoms with van der Waals surface area (Å²) in [4.78, 5) is 10.2. The molecule has 120 valence electrons. The predicted octanol–water partition coefficient (Wildman–Crippen LogP) is 0.871. The van der Waals surface area contributed by atoms with Crippen LogP contribution in [0.5, 0.6) is 0 Å². The van der Waals surface area contributed by atoms with Crippen LogP contribution in [0.4, 0.5) is 5.95 Å². The van der Waals surface area contributed by atoms with Crippen molar-refractivity contribution in [3.05, 3.63) is 12.4 Å². The topological polar surface area (TPSA) is 78.4 Å². The van der Waals surface area contributed by atoms with E-state index in [0.717, 1.165) is 6.42 Å². The van der Waals surface area contributed by atoms with E-state index in [4.69, 9.17) is 0 Å². The molecular weight excluding hydrogens is 290 g/mol. The summed E-state index contributed by atoms with van der Waals surface area (Å²) in [5.41, 5.74) is 0. The number of nitrogens with zero attached hydrogens (tertiary/aromatic N) is 4. The third kappa shape index (κ3) is 5.22. The van der Waals surface area contributed by atoms with Crippen molar-refractivity contribution in [1.29, 1.82) is 0 Å². The molecule has 1 rings (SSSR count). The number of rotatable bonds is 9. The zero-order chi connectivity index (χ0) is 15.9. The van der Waals surface area contributed by atoms with Crippen molar-refractivity contribution in [2.45, 2.75) is 25.2 Å². The van der Waals surface area contributed by atoms with Gasteiger partial charge in [0.25, 0.3) is 0 Å². The highest BCUT2D eigenvalue weighted by Crippen LogP contribution is 2.15. The second-order valence-corrected chi connectivity index (χ2v) is 6.92. The highest BCUT2D eigenvalue weighted by molar-refractivity contribution is 7.89. The minimum atomic E-state index is -3.54. The summed E-state index contributed by atoms with van der Waals surface area (Å²) in [5, 5.41) is 2.94. The van der Waals surface area contributed by atoms with Crippen molar-refractivity contribution in [2.24, 2.45) is 0 Å². The lowest BCUT2D eigenvalue weighted by atomic mass is 10.4. The predicted molar refractivity (Wildman–Crippen MR) is 83.8 cm³/mol. The highest BCUT2D eigenvalue weighted by atomic mass is 32.2. The minimum absolute atomic E-state index is 0.136. The molecule has 0 saturated carbocycles. The van der Waals surface area contributed by atoms with Gasteiger partial charge in [-0.25, -0.2) is 18.4 Å². The molecule has 1 aromatic rings. The molecule has 0 bridgehead atoms. The monoisotopic (exact) mass is 315 g/mol. The van der Waals surface area contributed by atoms with Crippen LogP contribution in [0, 0.1) is 0 Å². The van der Waals surface area contributed by atoms with Crippen molar-refractivity contribution in [1.82, 2.24) is 19.2 Å². The molecule has 1 N–H and O–H groups in total. The van der Waals surface area contributed by atoms with Gasteiger partial charge >= 0.3 is 0 Å². The fourth-order valence-electron chi connectivity index (χ4n) is 1.76. The summed E-state index contributed by atoms with van der Waals surface area (Å²) in [7, 11) is 0.307. The fraction of sp³-hybridized carbons (Fsp3) is 0.692. The van der Waals surface area contributed by atoms with Gasteiger partial charge in [-0.2, -0.15) is 4.31 Å². The van der Waals surface area contributed by atoms with Crippen LogP contribution in [0.25, 0.3) is 0 Å². The van der Waals surface area contributed by atoms with Gasteiger partial charge in [-0.1, -0.05) is 6.92 Å². The zero-order valence-corrected chi connectivity index (χ0v) is 14.0. The van der Waals surface area contributed by atoms with Crippen LogP contribution in [-0.2, 0) is 10.0 Å². The molecule has 0 atom stereocenters. The standard InChI is InChI=1S/C13H25N5O2S/c1-5-7-18(9-8-17(3)4)21(19,20)12-10-15-13(14-6-2)16-11-12/h10-11H,5-9H2,1-4H3,(H,14,15,16). The third-order valence-electron chi connectivity index (χ3n) is 2.87. The van der Waals surface area contributed by atoms with Gasteiger partial charge in [-0.15, -0.1) is 0 Å². The van der Waals surface area contributed by atoms with Crippen LogP contribution < -0.4 is 5.32 Å². The zero-order valence-electron chi connectivity index (χ0n) is 13.2. The van der Waals surface area contributed by atoms with Crippen molar-refractivity contribution in [3.8, 4) is 0 Å². The first kappa shape index (κ1) is 17.8. The number of hydrogen-bond donors (Lipinski definition) is 1. The maximum Gasteiger partial charge on any atom is 0.246 e. The van der Waals surface area contributed by atoms with Gasteiger partial charge in [-0.05, 0) is 27.4 Å². The van der Waals surface area contributed by atoms with Gasteiger partial charge in [0.05, 0.1) is 12.4 Å². The van der Waals surface area contributed by atoms with E-state index in [1.165, 1.54) is 16.7 Å². The highest BCUT2D eigenvalue weighted by Gasteiger charge is 2.24. The fourth-order valence-corrected chi connectivity index (χ4v) is 3.18. The Morgan fingerprint density at radius 2 is 1.71 bits per heavy atom. The van der Waals surface area contributed by atoms with E-state index >= 15 is 0 Å². The average molecular weight is 315 g/mol. The summed E-state index contributed by atoms with van der Waals surface area (Å²) in [6, 6.07) is 0.